The van der Waals surface area contributed by atoms with Crippen LogP contribution in [0.5, 0.6) is 0 Å². The maximum Gasteiger partial charge on any atom is 0.227 e. The van der Waals surface area contributed by atoms with Crippen molar-refractivity contribution in [1.29, 1.82) is 0 Å². The standard InChI is InChI=1S/C15H20FNO3/c16-13-5-2-1-4-12(13)10-14(19)17-8-3-6-15(20,11-18)7-9-17/h1-2,4-5,18,20H,3,6-11H2. The van der Waals surface area contributed by atoms with Crippen molar-refractivity contribution in [2.24, 2.45) is 0 Å². The number of carbonyl (C=O) groups excluding carboxylic acids is 1. The van der Waals surface area contributed by atoms with Crippen molar-refractivity contribution in [2.45, 2.75) is 31.3 Å². The Balaban J connectivity index is 1.98. The Labute approximate surface area is 117 Å². The Morgan fingerprint density at radius 2 is 2.05 bits per heavy atom. The SMILES string of the molecule is O=C(Cc1ccccc1F)N1CCCC(O)(CO)CC1. The molecule has 0 bridgehead atoms. The molecule has 1 heterocycles. The summed E-state index contributed by atoms with van der Waals surface area (Å²) in [6, 6.07) is 6.25. The summed E-state index contributed by atoms with van der Waals surface area (Å²) in [4.78, 5) is 13.8. The molecule has 2 N–H and O–H groups in total. The zero-order valence-electron chi connectivity index (χ0n) is 11.4. The molecule has 1 amide bonds. The van der Waals surface area contributed by atoms with Crippen molar-refractivity contribution < 1.29 is 19.4 Å². The van der Waals surface area contributed by atoms with Crippen molar-refractivity contribution in [3.8, 4) is 0 Å². The number of aliphatic hydroxyl groups excluding tert-OH is 1. The number of nitrogens with zero attached hydrogens (tertiary/aromatic N) is 1. The van der Waals surface area contributed by atoms with E-state index in [1.807, 2.05) is 0 Å². The number of likely N-dealkylation sites (tertiary alicyclic amines) is 1. The van der Waals surface area contributed by atoms with Gasteiger partial charge >= 0.3 is 0 Å². The molecule has 5 heteroatoms. The number of carbonyl (C=O) groups is 1. The van der Waals surface area contributed by atoms with E-state index in [0.717, 1.165) is 0 Å². The molecule has 2 rings (SSSR count). The average Bonchev–Trinajstić information content (AvgIpc) is 2.64. The molecule has 1 aliphatic rings. The number of amides is 1. The van der Waals surface area contributed by atoms with Crippen LogP contribution in [0.1, 0.15) is 24.8 Å². The number of halogens is 1. The third-order valence-corrected chi connectivity index (χ3v) is 3.86. The lowest BCUT2D eigenvalue weighted by Crippen LogP contribution is -2.37. The van der Waals surface area contributed by atoms with Crippen LogP contribution in [0.15, 0.2) is 24.3 Å². The van der Waals surface area contributed by atoms with Crippen molar-refractivity contribution in [3.63, 3.8) is 0 Å². The lowest BCUT2D eigenvalue weighted by Gasteiger charge is -2.24. The van der Waals surface area contributed by atoms with Crippen LogP contribution in [0.4, 0.5) is 4.39 Å². The molecular formula is C15H20FNO3. The van der Waals surface area contributed by atoms with Gasteiger partial charge < -0.3 is 15.1 Å². The third kappa shape index (κ3) is 3.55. The topological polar surface area (TPSA) is 60.8 Å². The largest absolute Gasteiger partial charge is 0.393 e. The van der Waals surface area contributed by atoms with E-state index in [4.69, 9.17) is 5.11 Å². The van der Waals surface area contributed by atoms with Crippen molar-refractivity contribution in [1.82, 2.24) is 4.90 Å². The molecule has 0 saturated carbocycles. The van der Waals surface area contributed by atoms with Gasteiger partial charge in [-0.2, -0.15) is 0 Å². The van der Waals surface area contributed by atoms with Crippen LogP contribution in [0.2, 0.25) is 0 Å². The predicted octanol–water partition coefficient (Wildman–Crippen LogP) is 1.10. The predicted molar refractivity (Wildman–Crippen MR) is 72.6 cm³/mol. The maximum absolute atomic E-state index is 13.5. The highest BCUT2D eigenvalue weighted by Crippen LogP contribution is 2.22. The number of hydrogen-bond donors (Lipinski definition) is 2. The molecule has 0 radical (unpaired) electrons. The summed E-state index contributed by atoms with van der Waals surface area (Å²) in [7, 11) is 0. The molecule has 110 valence electrons. The molecule has 4 nitrogen and oxygen atoms in total. The summed E-state index contributed by atoms with van der Waals surface area (Å²) in [5.41, 5.74) is -0.702. The summed E-state index contributed by atoms with van der Waals surface area (Å²) < 4.78 is 13.5. The first-order valence-corrected chi connectivity index (χ1v) is 6.88. The number of hydrogen-bond acceptors (Lipinski definition) is 3. The zero-order valence-corrected chi connectivity index (χ0v) is 11.4. The highest BCUT2D eigenvalue weighted by Gasteiger charge is 2.30. The minimum absolute atomic E-state index is 0.0320. The summed E-state index contributed by atoms with van der Waals surface area (Å²) in [6.07, 6.45) is 1.50. The second-order valence-corrected chi connectivity index (χ2v) is 5.38. The highest BCUT2D eigenvalue weighted by molar-refractivity contribution is 5.78. The Kier molecular flexibility index (Phi) is 4.73. The maximum atomic E-state index is 13.5. The van der Waals surface area contributed by atoms with Gasteiger partial charge in [0.25, 0.3) is 0 Å². The van der Waals surface area contributed by atoms with Crippen molar-refractivity contribution in [2.75, 3.05) is 19.7 Å². The van der Waals surface area contributed by atoms with E-state index < -0.39 is 5.60 Å². The van der Waals surface area contributed by atoms with Crippen molar-refractivity contribution in [3.05, 3.63) is 35.6 Å². The smallest absolute Gasteiger partial charge is 0.227 e. The Morgan fingerprint density at radius 3 is 2.75 bits per heavy atom. The van der Waals surface area contributed by atoms with E-state index in [-0.39, 0.29) is 24.8 Å². The van der Waals surface area contributed by atoms with E-state index in [1.165, 1.54) is 6.07 Å². The van der Waals surface area contributed by atoms with E-state index in [0.29, 0.717) is 37.9 Å². The van der Waals surface area contributed by atoms with E-state index in [2.05, 4.69) is 0 Å². The van der Waals surface area contributed by atoms with Gasteiger partial charge in [-0.3, -0.25) is 4.79 Å². The first-order valence-electron chi connectivity index (χ1n) is 6.88. The lowest BCUT2D eigenvalue weighted by molar-refractivity contribution is -0.130. The fraction of sp³-hybridized carbons (Fsp3) is 0.533. The van der Waals surface area contributed by atoms with Gasteiger partial charge in [-0.1, -0.05) is 18.2 Å². The minimum atomic E-state index is -1.09. The zero-order chi connectivity index (χ0) is 14.6. The number of rotatable bonds is 3. The molecule has 0 aliphatic carbocycles. The van der Waals surface area contributed by atoms with Gasteiger partial charge in [0.05, 0.1) is 18.6 Å². The first-order chi connectivity index (χ1) is 9.54. The van der Waals surface area contributed by atoms with E-state index in [1.54, 1.807) is 23.1 Å². The number of benzene rings is 1. The first kappa shape index (κ1) is 14.9. The quantitative estimate of drug-likeness (QED) is 0.872. The molecule has 1 aromatic rings. The van der Waals surface area contributed by atoms with Crippen LogP contribution >= 0.6 is 0 Å². The molecule has 1 aromatic carbocycles. The van der Waals surface area contributed by atoms with Crippen LogP contribution in [-0.4, -0.2) is 46.3 Å². The summed E-state index contributed by atoms with van der Waals surface area (Å²) >= 11 is 0. The minimum Gasteiger partial charge on any atom is -0.393 e. The fourth-order valence-corrected chi connectivity index (χ4v) is 2.50. The van der Waals surface area contributed by atoms with Crippen LogP contribution in [-0.2, 0) is 11.2 Å². The number of aliphatic hydroxyl groups is 2. The lowest BCUT2D eigenvalue weighted by atomic mass is 9.96. The summed E-state index contributed by atoms with van der Waals surface area (Å²) in [6.45, 7) is 0.641. The third-order valence-electron chi connectivity index (χ3n) is 3.86. The van der Waals surface area contributed by atoms with Gasteiger partial charge in [0, 0.05) is 13.1 Å². The Hall–Kier alpha value is -1.46. The van der Waals surface area contributed by atoms with Gasteiger partial charge in [0.1, 0.15) is 5.82 Å². The molecule has 1 aliphatic heterocycles. The second kappa shape index (κ2) is 6.33. The summed E-state index contributed by atoms with van der Waals surface area (Å²) in [5.74, 6) is -0.514. The van der Waals surface area contributed by atoms with Crippen LogP contribution in [0.25, 0.3) is 0 Å². The molecule has 0 aromatic heterocycles. The molecule has 0 spiro atoms. The molecule has 1 fully saturated rings. The van der Waals surface area contributed by atoms with Crippen LogP contribution < -0.4 is 0 Å². The summed E-state index contributed by atoms with van der Waals surface area (Å²) in [5, 5.41) is 19.2. The molecule has 1 unspecified atom stereocenters. The molecule has 1 saturated heterocycles. The molecular weight excluding hydrogens is 261 g/mol. The molecule has 20 heavy (non-hydrogen) atoms. The normalized spacial score (nSPS) is 23.4. The van der Waals surface area contributed by atoms with E-state index >= 15 is 0 Å². The monoisotopic (exact) mass is 281 g/mol. The van der Waals surface area contributed by atoms with Crippen molar-refractivity contribution >= 4 is 5.91 Å². The Bertz CT molecular complexity index is 480. The van der Waals surface area contributed by atoms with Crippen LogP contribution in [0.3, 0.4) is 0 Å². The van der Waals surface area contributed by atoms with Crippen LogP contribution in [0, 0.1) is 5.82 Å². The average molecular weight is 281 g/mol. The van der Waals surface area contributed by atoms with Gasteiger partial charge in [-0.05, 0) is 30.9 Å². The van der Waals surface area contributed by atoms with E-state index in [9.17, 15) is 14.3 Å². The highest BCUT2D eigenvalue weighted by atomic mass is 19.1. The second-order valence-electron chi connectivity index (χ2n) is 5.38. The van der Waals surface area contributed by atoms with Gasteiger partial charge in [0.15, 0.2) is 0 Å². The van der Waals surface area contributed by atoms with Gasteiger partial charge in [-0.15, -0.1) is 0 Å². The van der Waals surface area contributed by atoms with Gasteiger partial charge in [-0.25, -0.2) is 4.39 Å². The molecule has 1 atom stereocenters. The fourth-order valence-electron chi connectivity index (χ4n) is 2.50. The van der Waals surface area contributed by atoms with Gasteiger partial charge in [0.2, 0.25) is 5.91 Å². The Morgan fingerprint density at radius 1 is 1.30 bits per heavy atom.